The molecule has 0 spiro atoms. The van der Waals surface area contributed by atoms with Gasteiger partial charge >= 0.3 is 0 Å². The van der Waals surface area contributed by atoms with Crippen molar-refractivity contribution in [3.63, 3.8) is 0 Å². The molecule has 0 atom stereocenters. The van der Waals surface area contributed by atoms with Crippen molar-refractivity contribution >= 4 is 0 Å². The first kappa shape index (κ1) is 15.0. The van der Waals surface area contributed by atoms with Crippen molar-refractivity contribution in [2.45, 2.75) is 66.2 Å². The molecule has 1 nitrogen and oxygen atoms in total. The predicted molar refractivity (Wildman–Crippen MR) is 70.3 cm³/mol. The molecule has 0 radical (unpaired) electrons. The fourth-order valence-electron chi connectivity index (χ4n) is 2.03. The lowest BCUT2D eigenvalue weighted by Gasteiger charge is -2.20. The predicted octanol–water partition coefficient (Wildman–Crippen LogP) is 4.32. The van der Waals surface area contributed by atoms with Crippen LogP contribution in [0.15, 0.2) is 0 Å². The summed E-state index contributed by atoms with van der Waals surface area (Å²) in [5, 5.41) is 0. The summed E-state index contributed by atoms with van der Waals surface area (Å²) in [6, 6.07) is 0. The van der Waals surface area contributed by atoms with Crippen LogP contribution < -0.4 is 0 Å². The minimum absolute atomic E-state index is 0.882. The molecule has 15 heavy (non-hydrogen) atoms. The summed E-state index contributed by atoms with van der Waals surface area (Å²) < 4.78 is 0. The van der Waals surface area contributed by atoms with E-state index in [2.05, 4.69) is 32.6 Å². The van der Waals surface area contributed by atoms with E-state index in [-0.39, 0.29) is 0 Å². The van der Waals surface area contributed by atoms with E-state index in [1.54, 1.807) is 0 Å². The van der Waals surface area contributed by atoms with Gasteiger partial charge in [0.15, 0.2) is 0 Å². The van der Waals surface area contributed by atoms with Gasteiger partial charge in [-0.2, -0.15) is 0 Å². The topological polar surface area (TPSA) is 3.24 Å². The molecule has 0 saturated carbocycles. The van der Waals surface area contributed by atoms with Gasteiger partial charge in [-0.05, 0) is 44.8 Å². The fraction of sp³-hybridized carbons (Fsp3) is 1.00. The molecule has 0 aromatic heterocycles. The van der Waals surface area contributed by atoms with Crippen molar-refractivity contribution < 1.29 is 0 Å². The quantitative estimate of drug-likeness (QED) is 0.488. The lowest BCUT2D eigenvalue weighted by atomic mass is 10.1. The average Bonchev–Trinajstić information content (AvgIpc) is 2.17. The van der Waals surface area contributed by atoms with Crippen LogP contribution in [0.3, 0.4) is 0 Å². The van der Waals surface area contributed by atoms with Crippen LogP contribution in [0, 0.1) is 5.92 Å². The lowest BCUT2D eigenvalue weighted by molar-refractivity contribution is 0.267. The third-order valence-electron chi connectivity index (χ3n) is 2.84. The molecular formula is C14H31N. The Morgan fingerprint density at radius 3 is 1.87 bits per heavy atom. The highest BCUT2D eigenvalue weighted by Gasteiger charge is 2.01. The van der Waals surface area contributed by atoms with Crippen molar-refractivity contribution in [2.75, 3.05) is 19.6 Å². The van der Waals surface area contributed by atoms with Gasteiger partial charge in [-0.1, -0.05) is 47.0 Å². The van der Waals surface area contributed by atoms with Gasteiger partial charge in [-0.15, -0.1) is 0 Å². The zero-order valence-corrected chi connectivity index (χ0v) is 11.4. The van der Waals surface area contributed by atoms with Crippen LogP contribution in [-0.2, 0) is 0 Å². The minimum atomic E-state index is 0.882. The van der Waals surface area contributed by atoms with E-state index in [4.69, 9.17) is 0 Å². The second-order valence-electron chi connectivity index (χ2n) is 5.08. The molecule has 1 heteroatoms. The first-order valence-corrected chi connectivity index (χ1v) is 6.93. The van der Waals surface area contributed by atoms with Gasteiger partial charge in [0.2, 0.25) is 0 Å². The maximum atomic E-state index is 2.62. The highest BCUT2D eigenvalue weighted by molar-refractivity contribution is 4.57. The van der Waals surface area contributed by atoms with Crippen LogP contribution in [0.4, 0.5) is 0 Å². The monoisotopic (exact) mass is 213 g/mol. The highest BCUT2D eigenvalue weighted by Crippen LogP contribution is 2.08. The van der Waals surface area contributed by atoms with Gasteiger partial charge in [-0.25, -0.2) is 0 Å². The summed E-state index contributed by atoms with van der Waals surface area (Å²) in [6.07, 6.45) is 8.23. The molecule has 0 rings (SSSR count). The maximum absolute atomic E-state index is 2.62. The molecule has 92 valence electrons. The lowest BCUT2D eigenvalue weighted by Crippen LogP contribution is -2.26. The van der Waals surface area contributed by atoms with Crippen LogP contribution in [0.1, 0.15) is 66.2 Å². The molecule has 0 aliphatic heterocycles. The number of rotatable bonds is 10. The summed E-state index contributed by atoms with van der Waals surface area (Å²) in [6.45, 7) is 13.1. The Kier molecular flexibility index (Phi) is 10.4. The third-order valence-corrected chi connectivity index (χ3v) is 2.84. The molecule has 0 aliphatic carbocycles. The Bertz CT molecular complexity index is 115. The first-order valence-electron chi connectivity index (χ1n) is 6.93. The Labute approximate surface area is 97.2 Å². The molecule has 0 aliphatic rings. The van der Waals surface area contributed by atoms with E-state index in [0.717, 1.165) is 5.92 Å². The van der Waals surface area contributed by atoms with Crippen molar-refractivity contribution in [1.82, 2.24) is 4.90 Å². The minimum Gasteiger partial charge on any atom is -0.303 e. The number of hydrogen-bond donors (Lipinski definition) is 0. The normalized spacial score (nSPS) is 11.6. The van der Waals surface area contributed by atoms with Crippen LogP contribution >= 0.6 is 0 Å². The Morgan fingerprint density at radius 2 is 1.40 bits per heavy atom. The maximum Gasteiger partial charge on any atom is -0.00187 e. The van der Waals surface area contributed by atoms with Gasteiger partial charge in [0, 0.05) is 0 Å². The zero-order valence-electron chi connectivity index (χ0n) is 11.4. The average molecular weight is 213 g/mol. The van der Waals surface area contributed by atoms with E-state index in [1.807, 2.05) is 0 Å². The summed E-state index contributed by atoms with van der Waals surface area (Å²) in [5.74, 6) is 0.882. The van der Waals surface area contributed by atoms with E-state index in [0.29, 0.717) is 0 Å². The summed E-state index contributed by atoms with van der Waals surface area (Å²) in [4.78, 5) is 2.62. The van der Waals surface area contributed by atoms with Gasteiger partial charge in [0.25, 0.3) is 0 Å². The Balaban J connectivity index is 3.36. The van der Waals surface area contributed by atoms with E-state index in [1.165, 1.54) is 58.2 Å². The smallest absolute Gasteiger partial charge is 0.00187 e. The molecule has 0 aromatic rings. The van der Waals surface area contributed by atoms with E-state index >= 15 is 0 Å². The van der Waals surface area contributed by atoms with Gasteiger partial charge in [0.1, 0.15) is 0 Å². The first-order chi connectivity index (χ1) is 7.20. The number of unbranched alkanes of at least 4 members (excludes halogenated alkanes) is 2. The zero-order chi connectivity index (χ0) is 11.5. The van der Waals surface area contributed by atoms with Crippen molar-refractivity contribution in [3.8, 4) is 0 Å². The summed E-state index contributed by atoms with van der Waals surface area (Å²) >= 11 is 0. The number of hydrogen-bond acceptors (Lipinski definition) is 1. The van der Waals surface area contributed by atoms with E-state index in [9.17, 15) is 0 Å². The second-order valence-corrected chi connectivity index (χ2v) is 5.08. The van der Waals surface area contributed by atoms with Crippen molar-refractivity contribution in [2.24, 2.45) is 5.92 Å². The molecule has 0 saturated heterocycles. The summed E-state index contributed by atoms with van der Waals surface area (Å²) in [5.41, 5.74) is 0. The Hall–Kier alpha value is -0.0400. The molecule has 0 amide bonds. The van der Waals surface area contributed by atoms with Gasteiger partial charge in [0.05, 0.1) is 0 Å². The molecule has 0 N–H and O–H groups in total. The van der Waals surface area contributed by atoms with Crippen LogP contribution in [0.5, 0.6) is 0 Å². The van der Waals surface area contributed by atoms with Crippen LogP contribution in [-0.4, -0.2) is 24.5 Å². The van der Waals surface area contributed by atoms with Crippen molar-refractivity contribution in [1.29, 1.82) is 0 Å². The molecule has 0 bridgehead atoms. The molecule has 0 fully saturated rings. The standard InChI is InChI=1S/C14H31N/c1-5-11-15(12-6-2)13-9-7-8-10-14(3)4/h14H,5-13H2,1-4H3. The van der Waals surface area contributed by atoms with Gasteiger partial charge in [-0.3, -0.25) is 0 Å². The highest BCUT2D eigenvalue weighted by atomic mass is 15.1. The largest absolute Gasteiger partial charge is 0.303 e. The van der Waals surface area contributed by atoms with Crippen LogP contribution in [0.2, 0.25) is 0 Å². The molecule has 0 aromatic carbocycles. The third kappa shape index (κ3) is 10.2. The van der Waals surface area contributed by atoms with E-state index < -0.39 is 0 Å². The molecular weight excluding hydrogens is 182 g/mol. The second kappa shape index (κ2) is 10.5. The fourth-order valence-corrected chi connectivity index (χ4v) is 2.03. The van der Waals surface area contributed by atoms with Crippen molar-refractivity contribution in [3.05, 3.63) is 0 Å². The Morgan fingerprint density at radius 1 is 0.800 bits per heavy atom. The van der Waals surface area contributed by atoms with Gasteiger partial charge < -0.3 is 4.90 Å². The summed E-state index contributed by atoms with van der Waals surface area (Å²) in [7, 11) is 0. The molecule has 0 heterocycles. The SMILES string of the molecule is CCCN(CCC)CCCCCC(C)C. The molecule has 0 unspecified atom stereocenters. The number of nitrogens with zero attached hydrogens (tertiary/aromatic N) is 1. The van der Waals surface area contributed by atoms with Crippen LogP contribution in [0.25, 0.3) is 0 Å².